The van der Waals surface area contributed by atoms with Gasteiger partial charge in [-0.25, -0.2) is 4.79 Å². The van der Waals surface area contributed by atoms with E-state index in [2.05, 4.69) is 20.8 Å². The largest absolute Gasteiger partial charge is 0.465 e. The lowest BCUT2D eigenvalue weighted by atomic mass is 10.1. The predicted molar refractivity (Wildman–Crippen MR) is 110 cm³/mol. The van der Waals surface area contributed by atoms with Gasteiger partial charge in [0.2, 0.25) is 11.7 Å². The van der Waals surface area contributed by atoms with Crippen LogP contribution in [0.15, 0.2) is 47.0 Å². The molecule has 0 saturated heterocycles. The average Bonchev–Trinajstić information content (AvgIpc) is 3.17. The van der Waals surface area contributed by atoms with E-state index in [1.165, 1.54) is 7.11 Å². The van der Waals surface area contributed by atoms with Crippen LogP contribution in [-0.4, -0.2) is 28.3 Å². The maximum atomic E-state index is 11.7. The van der Waals surface area contributed by atoms with Crippen LogP contribution in [0, 0.1) is 6.92 Å². The Labute approximate surface area is 172 Å². The number of esters is 1. The van der Waals surface area contributed by atoms with Crippen molar-refractivity contribution in [2.24, 2.45) is 0 Å². The summed E-state index contributed by atoms with van der Waals surface area (Å²) in [7, 11) is 1.34. The molecule has 1 heterocycles. The summed E-state index contributed by atoms with van der Waals surface area (Å²) < 4.78 is 9.97. The molecule has 0 bridgehead atoms. The molecule has 1 aromatic heterocycles. The van der Waals surface area contributed by atoms with Crippen LogP contribution in [0.5, 0.6) is 0 Å². The van der Waals surface area contributed by atoms with E-state index < -0.39 is 5.97 Å². The van der Waals surface area contributed by atoms with Crippen molar-refractivity contribution in [3.63, 3.8) is 0 Å². The standard InChI is InChI=1S/C19H17ClN4O3S/c1-11-3-4-13(18(25)26-2)9-15(11)22-19(28)21-10-16-23-17(24-27-16)12-5-7-14(20)8-6-12/h3-9H,10H2,1-2H3,(H2,21,22,28). The highest BCUT2D eigenvalue weighted by atomic mass is 35.5. The fraction of sp³-hybridized carbons (Fsp3) is 0.158. The number of carbonyl (C=O) groups excluding carboxylic acids is 1. The van der Waals surface area contributed by atoms with Crippen LogP contribution in [0.25, 0.3) is 11.4 Å². The fourth-order valence-corrected chi connectivity index (χ4v) is 2.67. The summed E-state index contributed by atoms with van der Waals surface area (Å²) in [5.41, 5.74) is 2.87. The van der Waals surface area contributed by atoms with Gasteiger partial charge in [0.25, 0.3) is 0 Å². The first-order valence-electron chi connectivity index (χ1n) is 8.28. The number of aromatic nitrogens is 2. The molecule has 0 aliphatic heterocycles. The second kappa shape index (κ2) is 8.81. The number of halogens is 1. The summed E-state index contributed by atoms with van der Waals surface area (Å²) in [5.74, 6) is 0.436. The molecular formula is C19H17ClN4O3S. The third-order valence-electron chi connectivity index (χ3n) is 3.88. The first kappa shape index (κ1) is 19.8. The third kappa shape index (κ3) is 4.85. The van der Waals surface area contributed by atoms with Crippen LogP contribution >= 0.6 is 23.8 Å². The molecule has 0 spiro atoms. The Morgan fingerprint density at radius 1 is 1.25 bits per heavy atom. The van der Waals surface area contributed by atoms with E-state index in [-0.39, 0.29) is 6.54 Å². The zero-order chi connectivity index (χ0) is 20.1. The van der Waals surface area contributed by atoms with E-state index in [4.69, 9.17) is 33.1 Å². The maximum absolute atomic E-state index is 11.7. The van der Waals surface area contributed by atoms with Crippen molar-refractivity contribution in [3.05, 3.63) is 64.5 Å². The number of rotatable bonds is 5. The van der Waals surface area contributed by atoms with Crippen molar-refractivity contribution in [1.82, 2.24) is 15.5 Å². The Hall–Kier alpha value is -2.97. The summed E-state index contributed by atoms with van der Waals surface area (Å²) in [5, 5.41) is 11.0. The van der Waals surface area contributed by atoms with E-state index in [1.807, 2.05) is 25.1 Å². The molecule has 28 heavy (non-hydrogen) atoms. The summed E-state index contributed by atoms with van der Waals surface area (Å²) in [6.07, 6.45) is 0. The molecule has 0 aliphatic carbocycles. The lowest BCUT2D eigenvalue weighted by molar-refractivity contribution is 0.0601. The zero-order valence-corrected chi connectivity index (χ0v) is 16.7. The zero-order valence-electron chi connectivity index (χ0n) is 15.2. The van der Waals surface area contributed by atoms with Crippen LogP contribution in [0.4, 0.5) is 5.69 Å². The lowest BCUT2D eigenvalue weighted by Crippen LogP contribution is -2.28. The Kier molecular flexibility index (Phi) is 6.23. The van der Waals surface area contributed by atoms with Gasteiger partial charge in [-0.15, -0.1) is 0 Å². The van der Waals surface area contributed by atoms with Crippen LogP contribution in [0.2, 0.25) is 5.02 Å². The minimum atomic E-state index is -0.414. The minimum Gasteiger partial charge on any atom is -0.465 e. The summed E-state index contributed by atoms with van der Waals surface area (Å²) in [6.45, 7) is 2.16. The number of hydrogen-bond donors (Lipinski definition) is 2. The van der Waals surface area contributed by atoms with Crippen molar-refractivity contribution in [2.45, 2.75) is 13.5 Å². The highest BCUT2D eigenvalue weighted by Gasteiger charge is 2.11. The summed E-state index contributed by atoms with van der Waals surface area (Å²) in [4.78, 5) is 16.0. The molecule has 9 heteroatoms. The number of benzene rings is 2. The molecule has 0 unspecified atom stereocenters. The lowest BCUT2D eigenvalue weighted by Gasteiger charge is -2.12. The molecule has 2 aromatic carbocycles. The Bertz CT molecular complexity index is 1000. The third-order valence-corrected chi connectivity index (χ3v) is 4.38. The van der Waals surface area contributed by atoms with E-state index in [0.717, 1.165) is 11.1 Å². The van der Waals surface area contributed by atoms with Gasteiger partial charge < -0.3 is 19.9 Å². The summed E-state index contributed by atoms with van der Waals surface area (Å²) in [6, 6.07) is 12.3. The Morgan fingerprint density at radius 2 is 2.00 bits per heavy atom. The molecule has 3 aromatic rings. The van der Waals surface area contributed by atoms with Gasteiger partial charge in [0.15, 0.2) is 5.11 Å². The molecule has 0 amide bonds. The minimum absolute atomic E-state index is 0.252. The van der Waals surface area contributed by atoms with Crippen molar-refractivity contribution < 1.29 is 14.1 Å². The number of nitrogens with zero attached hydrogens (tertiary/aromatic N) is 2. The van der Waals surface area contributed by atoms with Crippen molar-refractivity contribution in [1.29, 1.82) is 0 Å². The van der Waals surface area contributed by atoms with Gasteiger partial charge in [0, 0.05) is 16.3 Å². The molecule has 0 fully saturated rings. The highest BCUT2D eigenvalue weighted by Crippen LogP contribution is 2.19. The van der Waals surface area contributed by atoms with Gasteiger partial charge in [0.1, 0.15) is 0 Å². The van der Waals surface area contributed by atoms with Gasteiger partial charge in [-0.3, -0.25) is 0 Å². The van der Waals surface area contributed by atoms with E-state index >= 15 is 0 Å². The van der Waals surface area contributed by atoms with E-state index in [9.17, 15) is 4.79 Å². The normalized spacial score (nSPS) is 10.4. The second-order valence-corrected chi connectivity index (χ2v) is 6.69. The molecule has 3 rings (SSSR count). The number of ether oxygens (including phenoxy) is 1. The number of nitrogens with one attached hydrogen (secondary N) is 2. The smallest absolute Gasteiger partial charge is 0.337 e. The molecule has 0 saturated carbocycles. The van der Waals surface area contributed by atoms with Crippen LogP contribution in [-0.2, 0) is 11.3 Å². The molecule has 2 N–H and O–H groups in total. The fourth-order valence-electron chi connectivity index (χ4n) is 2.37. The quantitative estimate of drug-likeness (QED) is 0.477. The predicted octanol–water partition coefficient (Wildman–Crippen LogP) is 3.97. The van der Waals surface area contributed by atoms with Crippen LogP contribution < -0.4 is 10.6 Å². The first-order valence-corrected chi connectivity index (χ1v) is 9.07. The highest BCUT2D eigenvalue weighted by molar-refractivity contribution is 7.80. The van der Waals surface area contributed by atoms with Gasteiger partial charge in [-0.05, 0) is 61.1 Å². The maximum Gasteiger partial charge on any atom is 0.337 e. The molecule has 0 aliphatic rings. The average molecular weight is 417 g/mol. The number of hydrogen-bond acceptors (Lipinski definition) is 6. The van der Waals surface area contributed by atoms with E-state index in [1.54, 1.807) is 24.3 Å². The van der Waals surface area contributed by atoms with Crippen molar-refractivity contribution in [3.8, 4) is 11.4 Å². The number of thiocarbonyl (C=S) groups is 1. The van der Waals surface area contributed by atoms with Gasteiger partial charge in [-0.2, -0.15) is 4.98 Å². The van der Waals surface area contributed by atoms with Crippen molar-refractivity contribution in [2.75, 3.05) is 12.4 Å². The topological polar surface area (TPSA) is 89.3 Å². The molecule has 0 atom stereocenters. The molecule has 0 radical (unpaired) electrons. The number of carbonyl (C=O) groups is 1. The monoisotopic (exact) mass is 416 g/mol. The Morgan fingerprint density at radius 3 is 2.71 bits per heavy atom. The van der Waals surface area contributed by atoms with Gasteiger partial charge in [0.05, 0.1) is 19.2 Å². The number of anilines is 1. The van der Waals surface area contributed by atoms with E-state index in [0.29, 0.717) is 33.1 Å². The first-order chi connectivity index (χ1) is 13.5. The van der Waals surface area contributed by atoms with Gasteiger partial charge >= 0.3 is 5.97 Å². The van der Waals surface area contributed by atoms with Gasteiger partial charge in [-0.1, -0.05) is 22.8 Å². The molecule has 144 valence electrons. The SMILES string of the molecule is COC(=O)c1ccc(C)c(NC(=S)NCc2nc(-c3ccc(Cl)cc3)no2)c1. The molecule has 7 nitrogen and oxygen atoms in total. The van der Waals surface area contributed by atoms with Crippen molar-refractivity contribution >= 4 is 40.6 Å². The second-order valence-electron chi connectivity index (χ2n) is 5.85. The number of methoxy groups -OCH3 is 1. The van der Waals surface area contributed by atoms with Crippen LogP contribution in [0.1, 0.15) is 21.8 Å². The Balaban J connectivity index is 1.61. The molecular weight excluding hydrogens is 400 g/mol. The summed E-state index contributed by atoms with van der Waals surface area (Å²) >= 11 is 11.2. The van der Waals surface area contributed by atoms with Crippen LogP contribution in [0.3, 0.4) is 0 Å². The number of aryl methyl sites for hydroxylation is 1.